The third-order valence-corrected chi connectivity index (χ3v) is 3.79. The number of nitrogens with zero attached hydrogens (tertiary/aromatic N) is 4. The quantitative estimate of drug-likeness (QED) is 0.557. The fraction of sp³-hybridized carbons (Fsp3) is 0.769. The molecule has 0 saturated carbocycles. The first-order chi connectivity index (χ1) is 9.95. The minimum atomic E-state index is -0.640. The van der Waals surface area contributed by atoms with Gasteiger partial charge in [-0.15, -0.1) is 0 Å². The van der Waals surface area contributed by atoms with Crippen molar-refractivity contribution in [1.82, 2.24) is 14.7 Å². The van der Waals surface area contributed by atoms with Crippen LogP contribution >= 0.6 is 0 Å². The zero-order valence-corrected chi connectivity index (χ0v) is 12.1. The third kappa shape index (κ3) is 4.48. The summed E-state index contributed by atoms with van der Waals surface area (Å²) in [5, 5.41) is 34.1. The van der Waals surface area contributed by atoms with Crippen LogP contribution in [0.5, 0.6) is 0 Å². The predicted molar refractivity (Wildman–Crippen MR) is 75.8 cm³/mol. The number of aliphatic hydroxyl groups is 2. The molecule has 3 atom stereocenters. The van der Waals surface area contributed by atoms with Crippen molar-refractivity contribution in [3.8, 4) is 0 Å². The minimum Gasteiger partial charge on any atom is -0.393 e. The molecule has 0 spiro atoms. The van der Waals surface area contributed by atoms with E-state index in [1.165, 1.54) is 17.1 Å². The van der Waals surface area contributed by atoms with E-state index in [4.69, 9.17) is 0 Å². The summed E-state index contributed by atoms with van der Waals surface area (Å²) < 4.78 is 1.39. The maximum absolute atomic E-state index is 10.6. The summed E-state index contributed by atoms with van der Waals surface area (Å²) in [6.07, 6.45) is 4.32. The largest absolute Gasteiger partial charge is 0.393 e. The van der Waals surface area contributed by atoms with Crippen LogP contribution in [0, 0.1) is 10.1 Å². The molecule has 2 rings (SSSR count). The van der Waals surface area contributed by atoms with Gasteiger partial charge in [-0.2, -0.15) is 5.10 Å². The maximum atomic E-state index is 10.6. The lowest BCUT2D eigenvalue weighted by atomic mass is 10.1. The van der Waals surface area contributed by atoms with E-state index in [9.17, 15) is 20.3 Å². The number of hydrogen-bond donors (Lipinski definition) is 2. The van der Waals surface area contributed by atoms with E-state index in [0.717, 1.165) is 19.4 Å². The number of rotatable bonds is 7. The summed E-state index contributed by atoms with van der Waals surface area (Å²) in [5.41, 5.74) is -0.0737. The number of β-amino-alcohol motifs (C(OH)–C–C–N with tert-alkyl or cyclic N) is 1. The van der Waals surface area contributed by atoms with Crippen LogP contribution in [-0.4, -0.2) is 61.2 Å². The van der Waals surface area contributed by atoms with Crippen molar-refractivity contribution in [3.63, 3.8) is 0 Å². The summed E-state index contributed by atoms with van der Waals surface area (Å²) in [6, 6.07) is 0.298. The molecule has 1 aromatic rings. The molecule has 3 unspecified atom stereocenters. The van der Waals surface area contributed by atoms with Crippen molar-refractivity contribution >= 4 is 5.69 Å². The summed E-state index contributed by atoms with van der Waals surface area (Å²) in [7, 11) is 0. The van der Waals surface area contributed by atoms with Crippen LogP contribution < -0.4 is 0 Å². The fourth-order valence-electron chi connectivity index (χ4n) is 2.89. The molecule has 0 aliphatic carbocycles. The molecule has 0 radical (unpaired) electrons. The molecule has 2 N–H and O–H groups in total. The molecule has 1 fully saturated rings. The molecule has 1 aromatic heterocycles. The lowest BCUT2D eigenvalue weighted by Gasteiger charge is -2.27. The van der Waals surface area contributed by atoms with Crippen molar-refractivity contribution < 1.29 is 15.1 Å². The maximum Gasteiger partial charge on any atom is 0.306 e. The van der Waals surface area contributed by atoms with E-state index < -0.39 is 11.0 Å². The van der Waals surface area contributed by atoms with Gasteiger partial charge in [0.25, 0.3) is 0 Å². The Bertz CT molecular complexity index is 476. The molecule has 8 nitrogen and oxygen atoms in total. The van der Waals surface area contributed by atoms with E-state index in [0.29, 0.717) is 19.0 Å². The van der Waals surface area contributed by atoms with E-state index in [1.807, 2.05) is 0 Å². The Labute approximate surface area is 123 Å². The minimum absolute atomic E-state index is 0.0737. The highest BCUT2D eigenvalue weighted by Gasteiger charge is 2.27. The number of nitro groups is 1. The third-order valence-electron chi connectivity index (χ3n) is 3.79. The average molecular weight is 298 g/mol. The average Bonchev–Trinajstić information content (AvgIpc) is 2.99. The summed E-state index contributed by atoms with van der Waals surface area (Å²) in [6.45, 7) is 3.40. The Morgan fingerprint density at radius 3 is 2.90 bits per heavy atom. The van der Waals surface area contributed by atoms with Gasteiger partial charge in [0.05, 0.1) is 23.7 Å². The van der Waals surface area contributed by atoms with Gasteiger partial charge >= 0.3 is 5.69 Å². The molecule has 2 heterocycles. The zero-order valence-electron chi connectivity index (χ0n) is 12.1. The van der Waals surface area contributed by atoms with Gasteiger partial charge in [-0.25, -0.2) is 0 Å². The first-order valence-corrected chi connectivity index (χ1v) is 7.22. The fourth-order valence-corrected chi connectivity index (χ4v) is 2.89. The summed E-state index contributed by atoms with van der Waals surface area (Å²) in [4.78, 5) is 12.3. The first-order valence-electron chi connectivity index (χ1n) is 7.22. The summed E-state index contributed by atoms with van der Waals surface area (Å²) in [5.74, 6) is 0. The van der Waals surface area contributed by atoms with Gasteiger partial charge in [-0.3, -0.25) is 19.7 Å². The van der Waals surface area contributed by atoms with Gasteiger partial charge in [0.15, 0.2) is 0 Å². The van der Waals surface area contributed by atoms with E-state index >= 15 is 0 Å². The monoisotopic (exact) mass is 298 g/mol. The van der Waals surface area contributed by atoms with Crippen molar-refractivity contribution in [2.45, 2.75) is 51.0 Å². The number of aromatic nitrogens is 2. The zero-order chi connectivity index (χ0) is 15.4. The number of hydrogen-bond acceptors (Lipinski definition) is 6. The molecule has 1 saturated heterocycles. The number of likely N-dealkylation sites (tertiary alicyclic amines) is 1. The molecule has 0 amide bonds. The molecule has 118 valence electrons. The van der Waals surface area contributed by atoms with Crippen molar-refractivity contribution in [3.05, 3.63) is 22.5 Å². The second-order valence-corrected chi connectivity index (χ2v) is 5.71. The Morgan fingerprint density at radius 2 is 2.29 bits per heavy atom. The van der Waals surface area contributed by atoms with Gasteiger partial charge in [0.2, 0.25) is 0 Å². The highest BCUT2D eigenvalue weighted by atomic mass is 16.6. The van der Waals surface area contributed by atoms with Crippen LogP contribution in [-0.2, 0) is 6.54 Å². The molecule has 0 aromatic carbocycles. The topological polar surface area (TPSA) is 105 Å². The smallest absolute Gasteiger partial charge is 0.306 e. The Kier molecular flexibility index (Phi) is 5.27. The summed E-state index contributed by atoms with van der Waals surface area (Å²) >= 11 is 0. The van der Waals surface area contributed by atoms with Gasteiger partial charge < -0.3 is 10.2 Å². The molecule has 0 bridgehead atoms. The molecular weight excluding hydrogens is 276 g/mol. The van der Waals surface area contributed by atoms with Crippen LogP contribution in [0.15, 0.2) is 12.4 Å². The Hall–Kier alpha value is -1.51. The highest BCUT2D eigenvalue weighted by Crippen LogP contribution is 2.21. The van der Waals surface area contributed by atoms with Crippen LogP contribution in [0.1, 0.15) is 26.2 Å². The van der Waals surface area contributed by atoms with Crippen LogP contribution in [0.2, 0.25) is 0 Å². The normalized spacial score (nSPS) is 22.3. The van der Waals surface area contributed by atoms with E-state index in [-0.39, 0.29) is 18.3 Å². The van der Waals surface area contributed by atoms with Crippen molar-refractivity contribution in [2.24, 2.45) is 0 Å². The lowest BCUT2D eigenvalue weighted by molar-refractivity contribution is -0.385. The highest BCUT2D eigenvalue weighted by molar-refractivity contribution is 5.20. The number of aliphatic hydroxyl groups excluding tert-OH is 2. The van der Waals surface area contributed by atoms with Crippen LogP contribution in [0.25, 0.3) is 0 Å². The molecule has 8 heteroatoms. The van der Waals surface area contributed by atoms with Gasteiger partial charge in [-0.1, -0.05) is 0 Å². The Balaban J connectivity index is 1.85. The predicted octanol–water partition coefficient (Wildman–Crippen LogP) is 0.387. The van der Waals surface area contributed by atoms with Gasteiger partial charge in [0, 0.05) is 12.6 Å². The Morgan fingerprint density at radius 1 is 1.52 bits per heavy atom. The van der Waals surface area contributed by atoms with Crippen molar-refractivity contribution in [1.29, 1.82) is 0 Å². The molecule has 21 heavy (non-hydrogen) atoms. The SMILES string of the molecule is CC(O)CC1CCCN1CC(O)Cn1cc([N+](=O)[O-])cn1. The molecule has 1 aliphatic heterocycles. The lowest BCUT2D eigenvalue weighted by Crippen LogP contribution is -2.39. The standard InChI is InChI=1S/C13H22N4O4/c1-10(18)5-11-3-2-4-15(11)8-13(19)9-16-7-12(6-14-16)17(20)21/h6-7,10-11,13,18-19H,2-5,8-9H2,1H3. The van der Waals surface area contributed by atoms with Crippen LogP contribution in [0.4, 0.5) is 5.69 Å². The second-order valence-electron chi connectivity index (χ2n) is 5.71. The van der Waals surface area contributed by atoms with E-state index in [1.54, 1.807) is 6.92 Å². The van der Waals surface area contributed by atoms with E-state index in [2.05, 4.69) is 10.00 Å². The van der Waals surface area contributed by atoms with Crippen LogP contribution in [0.3, 0.4) is 0 Å². The second kappa shape index (κ2) is 6.97. The first kappa shape index (κ1) is 15.9. The molecule has 1 aliphatic rings. The van der Waals surface area contributed by atoms with Crippen molar-refractivity contribution in [2.75, 3.05) is 13.1 Å². The van der Waals surface area contributed by atoms with Gasteiger partial charge in [-0.05, 0) is 32.7 Å². The molecular formula is C13H22N4O4. The van der Waals surface area contributed by atoms with Gasteiger partial charge in [0.1, 0.15) is 12.4 Å².